The summed E-state index contributed by atoms with van der Waals surface area (Å²) in [5.74, 6) is -0.210. The standard InChI is InChI=1S/C13H15ClFN3/c1-8(2)12-9(6-16)7-17-18(12)13-10(14)4-3-5-11(13)15/h3-5,7-8H,6,16H2,1-2H3. The van der Waals surface area contributed by atoms with Gasteiger partial charge in [-0.1, -0.05) is 31.5 Å². The monoisotopic (exact) mass is 267 g/mol. The fraction of sp³-hybridized carbons (Fsp3) is 0.308. The molecule has 0 aliphatic heterocycles. The second kappa shape index (κ2) is 5.08. The van der Waals surface area contributed by atoms with E-state index in [9.17, 15) is 4.39 Å². The molecular formula is C13H15ClFN3. The van der Waals surface area contributed by atoms with E-state index in [2.05, 4.69) is 5.10 Å². The Morgan fingerprint density at radius 2 is 2.17 bits per heavy atom. The number of aromatic nitrogens is 2. The predicted octanol–water partition coefficient (Wildman–Crippen LogP) is 3.25. The molecule has 0 aliphatic rings. The maximum Gasteiger partial charge on any atom is 0.150 e. The Hall–Kier alpha value is -1.39. The maximum atomic E-state index is 13.9. The highest BCUT2D eigenvalue weighted by Crippen LogP contribution is 2.28. The topological polar surface area (TPSA) is 43.8 Å². The van der Waals surface area contributed by atoms with Crippen LogP contribution in [-0.4, -0.2) is 9.78 Å². The molecule has 0 bridgehead atoms. The zero-order valence-corrected chi connectivity index (χ0v) is 11.1. The van der Waals surface area contributed by atoms with Crippen molar-refractivity contribution in [2.75, 3.05) is 0 Å². The summed E-state index contributed by atoms with van der Waals surface area (Å²) in [6.45, 7) is 4.41. The lowest BCUT2D eigenvalue weighted by molar-refractivity contribution is 0.602. The molecule has 0 fully saturated rings. The minimum atomic E-state index is -0.393. The fourth-order valence-electron chi connectivity index (χ4n) is 2.03. The molecule has 0 unspecified atom stereocenters. The lowest BCUT2D eigenvalue weighted by Crippen LogP contribution is -2.09. The van der Waals surface area contributed by atoms with Gasteiger partial charge in [0.1, 0.15) is 11.5 Å². The molecular weight excluding hydrogens is 253 g/mol. The molecule has 0 aliphatic carbocycles. The van der Waals surface area contributed by atoms with Crippen LogP contribution in [0.5, 0.6) is 0 Å². The Morgan fingerprint density at radius 3 is 2.72 bits per heavy atom. The Kier molecular flexibility index (Phi) is 3.68. The highest BCUT2D eigenvalue weighted by Gasteiger charge is 2.18. The molecule has 5 heteroatoms. The number of nitrogens with two attached hydrogens (primary N) is 1. The van der Waals surface area contributed by atoms with Gasteiger partial charge in [0, 0.05) is 12.1 Å². The molecule has 18 heavy (non-hydrogen) atoms. The van der Waals surface area contributed by atoms with Crippen molar-refractivity contribution < 1.29 is 4.39 Å². The number of hydrogen-bond donors (Lipinski definition) is 1. The quantitative estimate of drug-likeness (QED) is 0.928. The van der Waals surface area contributed by atoms with Crippen LogP contribution >= 0.6 is 11.6 Å². The number of benzene rings is 1. The van der Waals surface area contributed by atoms with Crippen molar-refractivity contribution in [3.05, 3.63) is 46.5 Å². The van der Waals surface area contributed by atoms with Gasteiger partial charge in [0.05, 0.1) is 16.9 Å². The number of nitrogens with zero attached hydrogens (tertiary/aromatic N) is 2. The second-order valence-corrected chi connectivity index (χ2v) is 4.80. The second-order valence-electron chi connectivity index (χ2n) is 4.40. The van der Waals surface area contributed by atoms with Crippen LogP contribution < -0.4 is 5.73 Å². The molecule has 0 spiro atoms. The normalized spacial score (nSPS) is 11.2. The van der Waals surface area contributed by atoms with Crippen molar-refractivity contribution in [2.24, 2.45) is 5.73 Å². The van der Waals surface area contributed by atoms with Crippen LogP contribution in [0.15, 0.2) is 24.4 Å². The Labute approximate surface area is 110 Å². The first-order chi connectivity index (χ1) is 8.56. The summed E-state index contributed by atoms with van der Waals surface area (Å²) in [6.07, 6.45) is 1.66. The molecule has 0 atom stereocenters. The minimum absolute atomic E-state index is 0.182. The molecule has 0 saturated heterocycles. The summed E-state index contributed by atoms with van der Waals surface area (Å²) in [5, 5.41) is 4.55. The van der Waals surface area contributed by atoms with Gasteiger partial charge in [-0.05, 0) is 18.1 Å². The van der Waals surface area contributed by atoms with Gasteiger partial charge in [0.15, 0.2) is 0 Å². The van der Waals surface area contributed by atoms with Gasteiger partial charge in [-0.3, -0.25) is 0 Å². The Balaban J connectivity index is 2.68. The lowest BCUT2D eigenvalue weighted by Gasteiger charge is -2.14. The van der Waals surface area contributed by atoms with E-state index in [1.807, 2.05) is 13.8 Å². The van der Waals surface area contributed by atoms with Gasteiger partial charge < -0.3 is 5.73 Å². The SMILES string of the molecule is CC(C)c1c(CN)cnn1-c1c(F)cccc1Cl. The fourth-order valence-corrected chi connectivity index (χ4v) is 2.28. The number of hydrogen-bond acceptors (Lipinski definition) is 2. The van der Waals surface area contributed by atoms with E-state index in [0.717, 1.165) is 11.3 Å². The molecule has 1 aromatic heterocycles. The van der Waals surface area contributed by atoms with Gasteiger partial charge >= 0.3 is 0 Å². The van der Waals surface area contributed by atoms with Crippen LogP contribution in [-0.2, 0) is 6.54 Å². The molecule has 0 radical (unpaired) electrons. The molecule has 2 N–H and O–H groups in total. The average molecular weight is 268 g/mol. The van der Waals surface area contributed by atoms with Crippen LogP contribution in [0.2, 0.25) is 5.02 Å². The Bertz CT molecular complexity index is 543. The van der Waals surface area contributed by atoms with Gasteiger partial charge in [-0.25, -0.2) is 9.07 Å². The molecule has 0 amide bonds. The number of halogens is 2. The van der Waals surface area contributed by atoms with Crippen molar-refractivity contribution in [3.63, 3.8) is 0 Å². The lowest BCUT2D eigenvalue weighted by atomic mass is 10.1. The Morgan fingerprint density at radius 1 is 1.44 bits per heavy atom. The van der Waals surface area contributed by atoms with Gasteiger partial charge in [0.25, 0.3) is 0 Å². The molecule has 1 aromatic carbocycles. The third-order valence-corrected chi connectivity index (χ3v) is 3.11. The summed E-state index contributed by atoms with van der Waals surface area (Å²) in [5.41, 5.74) is 7.76. The van der Waals surface area contributed by atoms with E-state index in [0.29, 0.717) is 11.6 Å². The zero-order valence-electron chi connectivity index (χ0n) is 10.3. The van der Waals surface area contributed by atoms with Crippen LogP contribution in [0, 0.1) is 5.82 Å². The van der Waals surface area contributed by atoms with Crippen LogP contribution in [0.25, 0.3) is 5.69 Å². The summed E-state index contributed by atoms with van der Waals surface area (Å²) in [6, 6.07) is 4.59. The van der Waals surface area contributed by atoms with E-state index in [1.54, 1.807) is 23.0 Å². The largest absolute Gasteiger partial charge is 0.326 e. The van der Waals surface area contributed by atoms with Crippen molar-refractivity contribution in [2.45, 2.75) is 26.3 Å². The van der Waals surface area contributed by atoms with E-state index in [4.69, 9.17) is 17.3 Å². The summed E-state index contributed by atoms with van der Waals surface area (Å²) in [7, 11) is 0. The number of rotatable bonds is 3. The highest BCUT2D eigenvalue weighted by molar-refractivity contribution is 6.32. The molecule has 0 saturated carbocycles. The molecule has 2 rings (SSSR count). The van der Waals surface area contributed by atoms with E-state index in [1.165, 1.54) is 6.07 Å². The first-order valence-corrected chi connectivity index (χ1v) is 6.15. The zero-order chi connectivity index (χ0) is 13.3. The smallest absolute Gasteiger partial charge is 0.150 e. The summed E-state index contributed by atoms with van der Waals surface area (Å²) in [4.78, 5) is 0. The minimum Gasteiger partial charge on any atom is -0.326 e. The molecule has 3 nitrogen and oxygen atoms in total. The molecule has 2 aromatic rings. The van der Waals surface area contributed by atoms with Crippen molar-refractivity contribution in [3.8, 4) is 5.69 Å². The van der Waals surface area contributed by atoms with Crippen LogP contribution in [0.1, 0.15) is 31.0 Å². The third kappa shape index (κ3) is 2.13. The maximum absolute atomic E-state index is 13.9. The van der Waals surface area contributed by atoms with E-state index < -0.39 is 5.82 Å². The molecule has 1 heterocycles. The predicted molar refractivity (Wildman–Crippen MR) is 70.5 cm³/mol. The third-order valence-electron chi connectivity index (χ3n) is 2.80. The number of para-hydroxylation sites is 1. The first kappa shape index (κ1) is 13.1. The van der Waals surface area contributed by atoms with E-state index in [-0.39, 0.29) is 11.6 Å². The van der Waals surface area contributed by atoms with Gasteiger partial charge in [0.2, 0.25) is 0 Å². The van der Waals surface area contributed by atoms with Crippen LogP contribution in [0.3, 0.4) is 0 Å². The van der Waals surface area contributed by atoms with E-state index >= 15 is 0 Å². The van der Waals surface area contributed by atoms with Crippen molar-refractivity contribution in [1.82, 2.24) is 9.78 Å². The average Bonchev–Trinajstić information content (AvgIpc) is 2.72. The van der Waals surface area contributed by atoms with Crippen molar-refractivity contribution >= 4 is 11.6 Å². The van der Waals surface area contributed by atoms with Gasteiger partial charge in [-0.2, -0.15) is 5.10 Å². The van der Waals surface area contributed by atoms with Crippen molar-refractivity contribution in [1.29, 1.82) is 0 Å². The highest BCUT2D eigenvalue weighted by atomic mass is 35.5. The van der Waals surface area contributed by atoms with Crippen LogP contribution in [0.4, 0.5) is 4.39 Å². The summed E-state index contributed by atoms with van der Waals surface area (Å²) >= 11 is 6.06. The first-order valence-electron chi connectivity index (χ1n) is 5.77. The van der Waals surface area contributed by atoms with Gasteiger partial charge in [-0.15, -0.1) is 0 Å². The summed E-state index contributed by atoms with van der Waals surface area (Å²) < 4.78 is 15.5. The molecule has 96 valence electrons.